The van der Waals surface area contributed by atoms with Crippen LogP contribution in [0, 0.1) is 6.92 Å². The second kappa shape index (κ2) is 5.47. The minimum Gasteiger partial charge on any atom is -0.383 e. The molecule has 0 N–H and O–H groups in total. The molecule has 0 aliphatic rings. The number of ether oxygens (including phenoxy) is 1. The third-order valence-electron chi connectivity index (χ3n) is 3.16. The van der Waals surface area contributed by atoms with E-state index < -0.39 is 0 Å². The smallest absolute Gasteiger partial charge is 0.262 e. The highest BCUT2D eigenvalue weighted by Gasteiger charge is 2.17. The van der Waals surface area contributed by atoms with Gasteiger partial charge in [-0.15, -0.1) is 22.7 Å². The lowest BCUT2D eigenvalue weighted by Crippen LogP contribution is -2.22. The summed E-state index contributed by atoms with van der Waals surface area (Å²) in [6.07, 6.45) is 1.61. The number of hydrogen-bond acceptors (Lipinski definition) is 5. The molecule has 0 bridgehead atoms. The van der Waals surface area contributed by atoms with Gasteiger partial charge in [0.2, 0.25) is 0 Å². The molecule has 0 aliphatic heterocycles. The van der Waals surface area contributed by atoms with E-state index in [4.69, 9.17) is 4.74 Å². The fraction of sp³-hybridized carbons (Fsp3) is 0.286. The van der Waals surface area contributed by atoms with E-state index in [2.05, 4.69) is 4.98 Å². The zero-order chi connectivity index (χ0) is 14.1. The molecule has 0 radical (unpaired) electrons. The molecule has 0 fully saturated rings. The van der Waals surface area contributed by atoms with Gasteiger partial charge in [-0.3, -0.25) is 9.36 Å². The third kappa shape index (κ3) is 2.19. The lowest BCUT2D eigenvalue weighted by Gasteiger charge is -2.04. The van der Waals surface area contributed by atoms with E-state index in [1.807, 2.05) is 24.4 Å². The van der Waals surface area contributed by atoms with Gasteiger partial charge in [-0.05, 0) is 18.4 Å². The molecule has 0 spiro atoms. The number of aromatic nitrogens is 2. The van der Waals surface area contributed by atoms with E-state index in [1.165, 1.54) is 0 Å². The maximum Gasteiger partial charge on any atom is 0.262 e. The number of methoxy groups -OCH3 is 1. The van der Waals surface area contributed by atoms with Crippen LogP contribution in [0.25, 0.3) is 20.7 Å². The summed E-state index contributed by atoms with van der Waals surface area (Å²) in [6.45, 7) is 3.07. The Morgan fingerprint density at radius 3 is 3.00 bits per heavy atom. The Balaban J connectivity index is 2.25. The number of hydrogen-bond donors (Lipinski definition) is 0. The fourth-order valence-electron chi connectivity index (χ4n) is 2.20. The Kier molecular flexibility index (Phi) is 3.69. The SMILES string of the molecule is COCCn1cnc2sc(C)c(-c3cccs3)c2c1=O. The van der Waals surface area contributed by atoms with Gasteiger partial charge < -0.3 is 4.74 Å². The van der Waals surface area contributed by atoms with Crippen LogP contribution in [-0.2, 0) is 11.3 Å². The molecule has 0 aliphatic carbocycles. The number of thiophene rings is 2. The molecule has 0 amide bonds. The number of aryl methyl sites for hydroxylation is 1. The highest BCUT2D eigenvalue weighted by atomic mass is 32.1. The van der Waals surface area contributed by atoms with Gasteiger partial charge in [0.05, 0.1) is 24.9 Å². The van der Waals surface area contributed by atoms with Crippen LogP contribution in [0.5, 0.6) is 0 Å². The average Bonchev–Trinajstić information content (AvgIpc) is 3.04. The van der Waals surface area contributed by atoms with Crippen molar-refractivity contribution in [3.8, 4) is 10.4 Å². The molecule has 0 saturated carbocycles. The van der Waals surface area contributed by atoms with Gasteiger partial charge in [0.1, 0.15) is 4.83 Å². The first-order chi connectivity index (χ1) is 9.72. The lowest BCUT2D eigenvalue weighted by atomic mass is 10.1. The number of nitrogens with zero attached hydrogens (tertiary/aromatic N) is 2. The van der Waals surface area contributed by atoms with Crippen molar-refractivity contribution in [3.05, 3.63) is 39.1 Å². The molecule has 3 aromatic heterocycles. The molecule has 6 heteroatoms. The van der Waals surface area contributed by atoms with Gasteiger partial charge in [-0.25, -0.2) is 4.98 Å². The molecule has 3 heterocycles. The zero-order valence-corrected chi connectivity index (χ0v) is 12.9. The van der Waals surface area contributed by atoms with E-state index >= 15 is 0 Å². The van der Waals surface area contributed by atoms with Crippen LogP contribution in [0.4, 0.5) is 0 Å². The van der Waals surface area contributed by atoms with Crippen LogP contribution in [0.1, 0.15) is 4.88 Å². The van der Waals surface area contributed by atoms with Crippen molar-refractivity contribution in [2.75, 3.05) is 13.7 Å². The molecule has 20 heavy (non-hydrogen) atoms. The molecule has 0 aromatic carbocycles. The van der Waals surface area contributed by atoms with Gasteiger partial charge >= 0.3 is 0 Å². The van der Waals surface area contributed by atoms with E-state index in [0.29, 0.717) is 13.2 Å². The molecular weight excluding hydrogens is 292 g/mol. The van der Waals surface area contributed by atoms with Crippen molar-refractivity contribution in [1.82, 2.24) is 9.55 Å². The Bertz CT molecular complexity index is 787. The Hall–Kier alpha value is -1.50. The van der Waals surface area contributed by atoms with E-state index in [0.717, 1.165) is 25.5 Å². The van der Waals surface area contributed by atoms with Crippen molar-refractivity contribution >= 4 is 32.9 Å². The minimum atomic E-state index is 0.0137. The predicted molar refractivity (Wildman–Crippen MR) is 83.8 cm³/mol. The molecule has 0 unspecified atom stereocenters. The summed E-state index contributed by atoms with van der Waals surface area (Å²) in [7, 11) is 1.63. The first-order valence-corrected chi connectivity index (χ1v) is 7.93. The van der Waals surface area contributed by atoms with Gasteiger partial charge in [-0.1, -0.05) is 6.07 Å². The summed E-state index contributed by atoms with van der Waals surface area (Å²) in [5.74, 6) is 0. The standard InChI is InChI=1S/C14H14N2O2S2/c1-9-11(10-4-3-7-19-10)12-13(20-9)15-8-16(14(12)17)5-6-18-2/h3-4,7-8H,5-6H2,1-2H3. The monoisotopic (exact) mass is 306 g/mol. The van der Waals surface area contributed by atoms with Crippen molar-refractivity contribution in [2.24, 2.45) is 0 Å². The summed E-state index contributed by atoms with van der Waals surface area (Å²) in [5, 5.41) is 2.76. The highest BCUT2D eigenvalue weighted by Crippen LogP contribution is 2.37. The van der Waals surface area contributed by atoms with Crippen molar-refractivity contribution < 1.29 is 4.74 Å². The Morgan fingerprint density at radius 2 is 2.30 bits per heavy atom. The van der Waals surface area contributed by atoms with E-state index in [1.54, 1.807) is 40.7 Å². The van der Waals surface area contributed by atoms with Gasteiger partial charge in [-0.2, -0.15) is 0 Å². The quantitative estimate of drug-likeness (QED) is 0.744. The van der Waals surface area contributed by atoms with Crippen LogP contribution in [0.2, 0.25) is 0 Å². The average molecular weight is 306 g/mol. The second-order valence-electron chi connectivity index (χ2n) is 4.43. The van der Waals surface area contributed by atoms with E-state index in [-0.39, 0.29) is 5.56 Å². The minimum absolute atomic E-state index is 0.0137. The summed E-state index contributed by atoms with van der Waals surface area (Å²) in [4.78, 5) is 20.1. The summed E-state index contributed by atoms with van der Waals surface area (Å²) in [6, 6.07) is 4.05. The molecule has 0 atom stereocenters. The third-order valence-corrected chi connectivity index (χ3v) is 5.06. The Morgan fingerprint density at radius 1 is 1.45 bits per heavy atom. The zero-order valence-electron chi connectivity index (χ0n) is 11.3. The second-order valence-corrected chi connectivity index (χ2v) is 6.58. The molecule has 0 saturated heterocycles. The Labute approximate surface area is 124 Å². The van der Waals surface area contributed by atoms with Crippen molar-refractivity contribution in [1.29, 1.82) is 0 Å². The van der Waals surface area contributed by atoms with Crippen LogP contribution in [-0.4, -0.2) is 23.3 Å². The van der Waals surface area contributed by atoms with Crippen LogP contribution in [0.15, 0.2) is 28.6 Å². The maximum atomic E-state index is 12.6. The maximum absolute atomic E-state index is 12.6. The first-order valence-electron chi connectivity index (χ1n) is 6.23. The van der Waals surface area contributed by atoms with Crippen molar-refractivity contribution in [2.45, 2.75) is 13.5 Å². The molecular formula is C14H14N2O2S2. The van der Waals surface area contributed by atoms with Crippen LogP contribution in [0.3, 0.4) is 0 Å². The van der Waals surface area contributed by atoms with Crippen LogP contribution < -0.4 is 5.56 Å². The molecule has 104 valence electrons. The lowest BCUT2D eigenvalue weighted by molar-refractivity contribution is 0.186. The normalized spacial score (nSPS) is 11.3. The van der Waals surface area contributed by atoms with E-state index in [9.17, 15) is 4.79 Å². The summed E-state index contributed by atoms with van der Waals surface area (Å²) < 4.78 is 6.66. The van der Waals surface area contributed by atoms with Crippen molar-refractivity contribution in [3.63, 3.8) is 0 Å². The summed E-state index contributed by atoms with van der Waals surface area (Å²) >= 11 is 3.22. The van der Waals surface area contributed by atoms with Gasteiger partial charge in [0.25, 0.3) is 5.56 Å². The molecule has 4 nitrogen and oxygen atoms in total. The highest BCUT2D eigenvalue weighted by molar-refractivity contribution is 7.20. The molecule has 3 rings (SSSR count). The predicted octanol–water partition coefficient (Wildman–Crippen LogP) is 3.14. The molecule has 3 aromatic rings. The largest absolute Gasteiger partial charge is 0.383 e. The number of rotatable bonds is 4. The van der Waals surface area contributed by atoms with Gasteiger partial charge in [0.15, 0.2) is 0 Å². The van der Waals surface area contributed by atoms with Crippen LogP contribution >= 0.6 is 22.7 Å². The fourth-order valence-corrected chi connectivity index (χ4v) is 4.10. The first kappa shape index (κ1) is 13.5. The van der Waals surface area contributed by atoms with Gasteiger partial charge in [0, 0.05) is 22.4 Å². The number of fused-ring (bicyclic) bond motifs is 1. The summed E-state index contributed by atoms with van der Waals surface area (Å²) in [5.41, 5.74) is 1.05. The topological polar surface area (TPSA) is 44.1 Å².